The van der Waals surface area contributed by atoms with Crippen LogP contribution in [0, 0.1) is 0 Å². The number of halogens is 1. The van der Waals surface area contributed by atoms with Gasteiger partial charge in [0.05, 0.1) is 19.3 Å². The molecule has 0 N–H and O–H groups in total. The van der Waals surface area contributed by atoms with E-state index in [1.54, 1.807) is 7.11 Å². The van der Waals surface area contributed by atoms with E-state index in [1.165, 1.54) is 5.56 Å². The molecule has 1 aromatic rings. The normalized spacial score (nSPS) is 12.7. The molecule has 0 spiro atoms. The number of benzene rings is 1. The van der Waals surface area contributed by atoms with E-state index in [1.807, 2.05) is 18.2 Å². The second kappa shape index (κ2) is 7.20. The van der Waals surface area contributed by atoms with Crippen molar-refractivity contribution in [1.82, 2.24) is 0 Å². The van der Waals surface area contributed by atoms with Gasteiger partial charge in [-0.1, -0.05) is 52.9 Å². The van der Waals surface area contributed by atoms with E-state index >= 15 is 0 Å². The number of alkyl halides is 1. The minimum Gasteiger partial charge on any atom is -0.378 e. The first-order valence-electron chi connectivity index (χ1n) is 4.57. The van der Waals surface area contributed by atoms with E-state index in [0.29, 0.717) is 13.2 Å². The Kier molecular flexibility index (Phi) is 6.14. The molecule has 0 saturated heterocycles. The maximum absolute atomic E-state index is 5.53. The molecule has 0 radical (unpaired) electrons. The standard InChI is InChI=1S/C11H15IO2/c1-13-11(7-12)9-14-8-10-5-3-2-4-6-10/h2-6,11H,7-9H2,1H3/t11-/m0/s1. The first kappa shape index (κ1) is 11.9. The van der Waals surface area contributed by atoms with Crippen LogP contribution in [0.4, 0.5) is 0 Å². The highest BCUT2D eigenvalue weighted by atomic mass is 127. The van der Waals surface area contributed by atoms with Gasteiger partial charge in [0.2, 0.25) is 0 Å². The fraction of sp³-hybridized carbons (Fsp3) is 0.455. The molecule has 0 aliphatic heterocycles. The van der Waals surface area contributed by atoms with E-state index in [-0.39, 0.29) is 6.10 Å². The minimum atomic E-state index is 0.208. The zero-order chi connectivity index (χ0) is 10.2. The van der Waals surface area contributed by atoms with Gasteiger partial charge in [-0.25, -0.2) is 0 Å². The summed E-state index contributed by atoms with van der Waals surface area (Å²) >= 11 is 2.30. The molecule has 1 atom stereocenters. The topological polar surface area (TPSA) is 18.5 Å². The van der Waals surface area contributed by atoms with Gasteiger partial charge in [-0.2, -0.15) is 0 Å². The molecule has 0 aliphatic carbocycles. The summed E-state index contributed by atoms with van der Waals surface area (Å²) in [7, 11) is 1.72. The highest BCUT2D eigenvalue weighted by molar-refractivity contribution is 14.1. The van der Waals surface area contributed by atoms with Crippen LogP contribution in [0.3, 0.4) is 0 Å². The van der Waals surface area contributed by atoms with Crippen LogP contribution in [0.5, 0.6) is 0 Å². The van der Waals surface area contributed by atoms with Crippen molar-refractivity contribution in [3.63, 3.8) is 0 Å². The molecule has 2 nitrogen and oxygen atoms in total. The average molecular weight is 306 g/mol. The van der Waals surface area contributed by atoms with Gasteiger partial charge in [0.15, 0.2) is 0 Å². The fourth-order valence-corrected chi connectivity index (χ4v) is 1.67. The van der Waals surface area contributed by atoms with Crippen LogP contribution in [0.15, 0.2) is 30.3 Å². The number of rotatable bonds is 6. The van der Waals surface area contributed by atoms with Gasteiger partial charge in [-0.05, 0) is 5.56 Å². The molecule has 78 valence electrons. The Balaban J connectivity index is 2.21. The Morgan fingerprint density at radius 1 is 1.29 bits per heavy atom. The molecule has 0 aliphatic rings. The number of ether oxygens (including phenoxy) is 2. The summed E-state index contributed by atoms with van der Waals surface area (Å²) in [5.74, 6) is 0. The molecule has 0 amide bonds. The molecule has 3 heteroatoms. The van der Waals surface area contributed by atoms with Crippen molar-refractivity contribution in [3.8, 4) is 0 Å². The molecule has 0 bridgehead atoms. The molecule has 0 fully saturated rings. The van der Waals surface area contributed by atoms with E-state index in [0.717, 1.165) is 4.43 Å². The van der Waals surface area contributed by atoms with Gasteiger partial charge in [0, 0.05) is 11.5 Å². The molecule has 14 heavy (non-hydrogen) atoms. The first-order valence-corrected chi connectivity index (χ1v) is 6.09. The SMILES string of the molecule is CO[C@@H](CI)COCc1ccccc1. The highest BCUT2D eigenvalue weighted by Gasteiger charge is 2.04. The lowest BCUT2D eigenvalue weighted by atomic mass is 10.2. The van der Waals surface area contributed by atoms with Gasteiger partial charge in [0.1, 0.15) is 0 Å². The third-order valence-electron chi connectivity index (χ3n) is 1.92. The van der Waals surface area contributed by atoms with Crippen molar-refractivity contribution in [2.45, 2.75) is 12.7 Å². The van der Waals surface area contributed by atoms with Crippen LogP contribution in [-0.4, -0.2) is 24.2 Å². The van der Waals surface area contributed by atoms with Crippen molar-refractivity contribution in [2.24, 2.45) is 0 Å². The van der Waals surface area contributed by atoms with Crippen molar-refractivity contribution in [3.05, 3.63) is 35.9 Å². The average Bonchev–Trinajstić information content (AvgIpc) is 2.26. The van der Waals surface area contributed by atoms with Crippen molar-refractivity contribution in [2.75, 3.05) is 18.1 Å². The Bertz CT molecular complexity index is 234. The maximum Gasteiger partial charge on any atom is 0.0893 e. The number of hydrogen-bond donors (Lipinski definition) is 0. The molecule has 0 saturated carbocycles. The van der Waals surface area contributed by atoms with Gasteiger partial charge in [0.25, 0.3) is 0 Å². The molecular formula is C11H15IO2. The third kappa shape index (κ3) is 4.39. The fourth-order valence-electron chi connectivity index (χ4n) is 1.06. The van der Waals surface area contributed by atoms with E-state index in [4.69, 9.17) is 9.47 Å². The summed E-state index contributed by atoms with van der Waals surface area (Å²) in [6.45, 7) is 1.33. The lowest BCUT2D eigenvalue weighted by molar-refractivity contribution is 0.0155. The largest absolute Gasteiger partial charge is 0.378 e. The van der Waals surface area contributed by atoms with Crippen molar-refractivity contribution in [1.29, 1.82) is 0 Å². The smallest absolute Gasteiger partial charge is 0.0893 e. The van der Waals surface area contributed by atoms with E-state index in [2.05, 4.69) is 34.7 Å². The van der Waals surface area contributed by atoms with Crippen LogP contribution in [0.25, 0.3) is 0 Å². The molecule has 1 aromatic carbocycles. The first-order chi connectivity index (χ1) is 6.86. The second-order valence-electron chi connectivity index (χ2n) is 3.01. The molecule has 0 heterocycles. The lowest BCUT2D eigenvalue weighted by Gasteiger charge is -2.12. The van der Waals surface area contributed by atoms with Crippen LogP contribution < -0.4 is 0 Å². The highest BCUT2D eigenvalue weighted by Crippen LogP contribution is 2.03. The zero-order valence-electron chi connectivity index (χ0n) is 8.28. The number of methoxy groups -OCH3 is 1. The summed E-state index contributed by atoms with van der Waals surface area (Å²) in [5.41, 5.74) is 1.20. The Morgan fingerprint density at radius 2 is 2.00 bits per heavy atom. The molecule has 1 rings (SSSR count). The van der Waals surface area contributed by atoms with Crippen LogP contribution in [-0.2, 0) is 16.1 Å². The van der Waals surface area contributed by atoms with E-state index < -0.39 is 0 Å². The van der Waals surface area contributed by atoms with E-state index in [9.17, 15) is 0 Å². The predicted molar refractivity (Wildman–Crippen MR) is 65.8 cm³/mol. The molecular weight excluding hydrogens is 291 g/mol. The van der Waals surface area contributed by atoms with Crippen molar-refractivity contribution < 1.29 is 9.47 Å². The molecule has 0 aromatic heterocycles. The van der Waals surface area contributed by atoms with Gasteiger partial charge < -0.3 is 9.47 Å². The van der Waals surface area contributed by atoms with Crippen LogP contribution >= 0.6 is 22.6 Å². The summed E-state index contributed by atoms with van der Waals surface area (Å²) in [6, 6.07) is 10.2. The second-order valence-corrected chi connectivity index (χ2v) is 3.89. The van der Waals surface area contributed by atoms with Gasteiger partial charge in [-0.15, -0.1) is 0 Å². The van der Waals surface area contributed by atoms with Crippen molar-refractivity contribution >= 4 is 22.6 Å². The zero-order valence-corrected chi connectivity index (χ0v) is 10.4. The quantitative estimate of drug-likeness (QED) is 0.594. The summed E-state index contributed by atoms with van der Waals surface area (Å²) in [4.78, 5) is 0. The third-order valence-corrected chi connectivity index (χ3v) is 2.90. The van der Waals surface area contributed by atoms with Gasteiger partial charge in [-0.3, -0.25) is 0 Å². The molecule has 0 unspecified atom stereocenters. The summed E-state index contributed by atoms with van der Waals surface area (Å²) < 4.78 is 11.7. The Morgan fingerprint density at radius 3 is 2.57 bits per heavy atom. The predicted octanol–water partition coefficient (Wildman–Crippen LogP) is 2.65. The maximum atomic E-state index is 5.53. The van der Waals surface area contributed by atoms with Gasteiger partial charge >= 0.3 is 0 Å². The lowest BCUT2D eigenvalue weighted by Crippen LogP contribution is -2.19. The Hall–Kier alpha value is -0.130. The van der Waals surface area contributed by atoms with Crippen LogP contribution in [0.1, 0.15) is 5.56 Å². The summed E-state index contributed by atoms with van der Waals surface area (Å²) in [6.07, 6.45) is 0.208. The van der Waals surface area contributed by atoms with Crippen LogP contribution in [0.2, 0.25) is 0 Å². The monoisotopic (exact) mass is 306 g/mol. The number of hydrogen-bond acceptors (Lipinski definition) is 2. The minimum absolute atomic E-state index is 0.208. The Labute approximate surface area is 98.7 Å². The summed E-state index contributed by atoms with van der Waals surface area (Å²) in [5, 5.41) is 0.